The van der Waals surface area contributed by atoms with Crippen molar-refractivity contribution >= 4 is 27.3 Å². The first-order chi connectivity index (χ1) is 10.4. The van der Waals surface area contributed by atoms with Gasteiger partial charge in [0, 0.05) is 26.2 Å². The van der Waals surface area contributed by atoms with Gasteiger partial charge in [-0.3, -0.25) is 8.99 Å². The van der Waals surface area contributed by atoms with Crippen LogP contribution in [0.4, 0.5) is 5.69 Å². The van der Waals surface area contributed by atoms with E-state index in [1.165, 1.54) is 15.2 Å². The van der Waals surface area contributed by atoms with Crippen LogP contribution in [0.15, 0.2) is 35.5 Å². The van der Waals surface area contributed by atoms with Crippen LogP contribution in [0.5, 0.6) is 0 Å². The molecule has 1 aliphatic heterocycles. The minimum atomic E-state index is -3.79. The van der Waals surface area contributed by atoms with Crippen molar-refractivity contribution in [3.05, 3.63) is 41.0 Å². The van der Waals surface area contributed by atoms with Gasteiger partial charge in [-0.25, -0.2) is 0 Å². The predicted octanol–water partition coefficient (Wildman–Crippen LogP) is 1.76. The topological polar surface area (TPSA) is 67.2 Å². The fraction of sp³-hybridized carbons (Fsp3) is 0.357. The third-order valence-corrected chi connectivity index (χ3v) is 6.01. The summed E-state index contributed by atoms with van der Waals surface area (Å²) in [5.41, 5.74) is 1.62. The van der Waals surface area contributed by atoms with Gasteiger partial charge in [0.2, 0.25) is 0 Å². The monoisotopic (exact) mass is 340 g/mol. The molecular weight excluding hydrogens is 324 g/mol. The zero-order chi connectivity index (χ0) is 15.9. The molecule has 0 aliphatic carbocycles. The molecule has 3 rings (SSSR count). The predicted molar refractivity (Wildman–Crippen MR) is 85.5 cm³/mol. The Hall–Kier alpha value is -1.57. The van der Waals surface area contributed by atoms with Gasteiger partial charge >= 0.3 is 0 Å². The van der Waals surface area contributed by atoms with Crippen molar-refractivity contribution in [1.82, 2.24) is 15.1 Å². The minimum Gasteiger partial charge on any atom is -0.308 e. The average molecular weight is 341 g/mol. The van der Waals surface area contributed by atoms with E-state index < -0.39 is 10.0 Å². The van der Waals surface area contributed by atoms with E-state index in [4.69, 9.17) is 11.6 Å². The highest BCUT2D eigenvalue weighted by atomic mass is 35.5. The lowest BCUT2D eigenvalue weighted by Gasteiger charge is -2.25. The normalized spacial score (nSPS) is 18.9. The van der Waals surface area contributed by atoms with Crippen LogP contribution in [0.2, 0.25) is 5.02 Å². The van der Waals surface area contributed by atoms with E-state index in [2.05, 4.69) is 10.4 Å². The van der Waals surface area contributed by atoms with Gasteiger partial charge in [0.15, 0.2) is 5.03 Å². The SMILES string of the molecule is CC1CN(S(=O)(=O)c2c(Cl)cnn2C)c2ccccc2CN1. The Kier molecular flexibility index (Phi) is 3.88. The van der Waals surface area contributed by atoms with Crippen LogP contribution in [-0.2, 0) is 23.6 Å². The van der Waals surface area contributed by atoms with Crippen LogP contribution in [-0.4, -0.2) is 30.8 Å². The van der Waals surface area contributed by atoms with Gasteiger partial charge in [0.05, 0.1) is 16.9 Å². The molecule has 1 aliphatic rings. The summed E-state index contributed by atoms with van der Waals surface area (Å²) in [6.45, 7) is 2.92. The first-order valence-electron chi connectivity index (χ1n) is 6.93. The summed E-state index contributed by atoms with van der Waals surface area (Å²) < 4.78 is 28.9. The number of para-hydroxylation sites is 1. The molecule has 22 heavy (non-hydrogen) atoms. The molecule has 8 heteroatoms. The number of nitrogens with zero attached hydrogens (tertiary/aromatic N) is 3. The zero-order valence-electron chi connectivity index (χ0n) is 12.3. The van der Waals surface area contributed by atoms with Crippen molar-refractivity contribution in [1.29, 1.82) is 0 Å². The Labute approximate surface area is 134 Å². The summed E-state index contributed by atoms with van der Waals surface area (Å²) in [5, 5.41) is 7.40. The first-order valence-corrected chi connectivity index (χ1v) is 8.74. The Balaban J connectivity index is 2.17. The lowest BCUT2D eigenvalue weighted by Crippen LogP contribution is -2.40. The number of aromatic nitrogens is 2. The molecule has 1 aromatic heterocycles. The van der Waals surface area contributed by atoms with Crippen molar-refractivity contribution in [2.45, 2.75) is 24.5 Å². The summed E-state index contributed by atoms with van der Waals surface area (Å²) >= 11 is 6.05. The smallest absolute Gasteiger partial charge is 0.283 e. The molecule has 0 saturated carbocycles. The molecule has 0 fully saturated rings. The molecule has 0 bridgehead atoms. The first kappa shape index (κ1) is 15.3. The van der Waals surface area contributed by atoms with Gasteiger partial charge < -0.3 is 5.32 Å². The van der Waals surface area contributed by atoms with Gasteiger partial charge in [-0.1, -0.05) is 29.8 Å². The standard InChI is InChI=1S/C14H17ClN4O2S/c1-10-9-19(13-6-4-3-5-11(13)7-16-10)22(20,21)14-12(15)8-17-18(14)2/h3-6,8,10,16H,7,9H2,1-2H3. The summed E-state index contributed by atoms with van der Waals surface area (Å²) in [7, 11) is -2.21. The number of halogens is 1. The fourth-order valence-corrected chi connectivity index (χ4v) is 4.83. The van der Waals surface area contributed by atoms with E-state index in [0.29, 0.717) is 18.8 Å². The third-order valence-electron chi connectivity index (χ3n) is 3.72. The number of fused-ring (bicyclic) bond motifs is 1. The molecule has 2 aromatic rings. The molecule has 2 heterocycles. The van der Waals surface area contributed by atoms with Crippen molar-refractivity contribution in [2.75, 3.05) is 10.8 Å². The lowest BCUT2D eigenvalue weighted by atomic mass is 10.2. The maximum Gasteiger partial charge on any atom is 0.283 e. The van der Waals surface area contributed by atoms with E-state index in [-0.39, 0.29) is 16.1 Å². The highest BCUT2D eigenvalue weighted by Crippen LogP contribution is 2.31. The number of nitrogens with one attached hydrogen (secondary N) is 1. The minimum absolute atomic E-state index is 0.0121. The summed E-state index contributed by atoms with van der Waals surface area (Å²) in [6.07, 6.45) is 1.35. The van der Waals surface area contributed by atoms with Crippen LogP contribution >= 0.6 is 11.6 Å². The van der Waals surface area contributed by atoms with Crippen LogP contribution in [0.1, 0.15) is 12.5 Å². The highest BCUT2D eigenvalue weighted by molar-refractivity contribution is 7.92. The molecule has 1 unspecified atom stereocenters. The van der Waals surface area contributed by atoms with Gasteiger partial charge in [0.25, 0.3) is 10.0 Å². The number of rotatable bonds is 2. The Morgan fingerprint density at radius 3 is 2.77 bits per heavy atom. The summed E-state index contributed by atoms with van der Waals surface area (Å²) in [5.74, 6) is 0. The highest BCUT2D eigenvalue weighted by Gasteiger charge is 2.33. The van der Waals surface area contributed by atoms with E-state index >= 15 is 0 Å². The number of anilines is 1. The van der Waals surface area contributed by atoms with E-state index in [1.807, 2.05) is 31.2 Å². The maximum atomic E-state index is 13.1. The number of hydrogen-bond acceptors (Lipinski definition) is 4. The molecule has 6 nitrogen and oxygen atoms in total. The van der Waals surface area contributed by atoms with Gasteiger partial charge in [-0.05, 0) is 18.6 Å². The maximum absolute atomic E-state index is 13.1. The van der Waals surface area contributed by atoms with Crippen LogP contribution < -0.4 is 9.62 Å². The van der Waals surface area contributed by atoms with Crippen LogP contribution in [0.25, 0.3) is 0 Å². The molecule has 0 amide bonds. The molecule has 1 aromatic carbocycles. The molecule has 0 saturated heterocycles. The lowest BCUT2D eigenvalue weighted by molar-refractivity contribution is 0.548. The van der Waals surface area contributed by atoms with Crippen molar-refractivity contribution in [3.63, 3.8) is 0 Å². The zero-order valence-corrected chi connectivity index (χ0v) is 13.9. The second-order valence-electron chi connectivity index (χ2n) is 5.37. The third kappa shape index (κ3) is 2.49. The Morgan fingerprint density at radius 1 is 1.36 bits per heavy atom. The molecule has 1 atom stereocenters. The van der Waals surface area contributed by atoms with Crippen LogP contribution in [0.3, 0.4) is 0 Å². The van der Waals surface area contributed by atoms with E-state index in [1.54, 1.807) is 7.05 Å². The number of hydrogen-bond donors (Lipinski definition) is 1. The van der Waals surface area contributed by atoms with Gasteiger partial charge in [-0.15, -0.1) is 0 Å². The van der Waals surface area contributed by atoms with Gasteiger partial charge in [-0.2, -0.15) is 13.5 Å². The van der Waals surface area contributed by atoms with Crippen LogP contribution in [0, 0.1) is 0 Å². The second-order valence-corrected chi connectivity index (χ2v) is 7.55. The number of benzene rings is 1. The van der Waals surface area contributed by atoms with Crippen molar-refractivity contribution in [2.24, 2.45) is 7.05 Å². The second kappa shape index (κ2) is 5.57. The van der Waals surface area contributed by atoms with Gasteiger partial charge in [0.1, 0.15) is 0 Å². The molecule has 1 N–H and O–H groups in total. The average Bonchev–Trinajstić information content (AvgIpc) is 2.72. The molecule has 0 radical (unpaired) electrons. The number of sulfonamides is 1. The Morgan fingerprint density at radius 2 is 2.09 bits per heavy atom. The van der Waals surface area contributed by atoms with E-state index in [0.717, 1.165) is 5.56 Å². The summed E-state index contributed by atoms with van der Waals surface area (Å²) in [4.78, 5) is 0. The number of aryl methyl sites for hydroxylation is 1. The summed E-state index contributed by atoms with van der Waals surface area (Å²) in [6, 6.07) is 7.50. The Bertz CT molecular complexity index is 783. The molecule has 118 valence electrons. The van der Waals surface area contributed by atoms with E-state index in [9.17, 15) is 8.42 Å². The largest absolute Gasteiger partial charge is 0.308 e. The molecular formula is C14H17ClN4O2S. The quantitative estimate of drug-likeness (QED) is 0.904. The van der Waals surface area contributed by atoms with Crippen molar-refractivity contribution < 1.29 is 8.42 Å². The van der Waals surface area contributed by atoms with Crippen molar-refractivity contribution in [3.8, 4) is 0 Å². The fourth-order valence-electron chi connectivity index (χ4n) is 2.62. The molecule has 0 spiro atoms.